The van der Waals surface area contributed by atoms with E-state index in [0.717, 1.165) is 0 Å². The average molecular weight is 213 g/mol. The molecule has 2 rings (SSSR count). The SMILES string of the molecule is Nc1cccc(N=Cc2ccccc2O)n1. The molecule has 80 valence electrons. The molecule has 4 nitrogen and oxygen atoms in total. The van der Waals surface area contributed by atoms with Crippen LogP contribution in [0.4, 0.5) is 11.6 Å². The van der Waals surface area contributed by atoms with Gasteiger partial charge in [0.25, 0.3) is 0 Å². The van der Waals surface area contributed by atoms with Crippen LogP contribution in [-0.4, -0.2) is 16.3 Å². The lowest BCUT2D eigenvalue weighted by Crippen LogP contribution is -1.88. The number of phenols is 1. The number of aliphatic imine (C=N–C) groups is 1. The average Bonchev–Trinajstić information content (AvgIpc) is 2.28. The minimum atomic E-state index is 0.190. The van der Waals surface area contributed by atoms with Crippen molar-refractivity contribution in [2.75, 3.05) is 5.73 Å². The van der Waals surface area contributed by atoms with Crippen LogP contribution in [0.2, 0.25) is 0 Å². The first kappa shape index (κ1) is 10.2. The zero-order chi connectivity index (χ0) is 11.4. The largest absolute Gasteiger partial charge is 0.507 e. The Hall–Kier alpha value is -2.36. The fraction of sp³-hybridized carbons (Fsp3) is 0. The number of anilines is 1. The molecule has 0 saturated heterocycles. The van der Waals surface area contributed by atoms with Crippen LogP contribution in [0, 0.1) is 0 Å². The lowest BCUT2D eigenvalue weighted by atomic mass is 10.2. The number of nitrogen functional groups attached to an aromatic ring is 1. The summed E-state index contributed by atoms with van der Waals surface area (Å²) in [6, 6.07) is 12.2. The quantitative estimate of drug-likeness (QED) is 0.750. The maximum Gasteiger partial charge on any atom is 0.154 e. The summed E-state index contributed by atoms with van der Waals surface area (Å²) in [4.78, 5) is 8.14. The Bertz CT molecular complexity index is 523. The molecule has 2 aromatic rings. The predicted molar refractivity (Wildman–Crippen MR) is 64.0 cm³/mol. The number of hydrogen-bond acceptors (Lipinski definition) is 4. The van der Waals surface area contributed by atoms with E-state index in [2.05, 4.69) is 9.98 Å². The van der Waals surface area contributed by atoms with Gasteiger partial charge in [-0.3, -0.25) is 0 Å². The number of nitrogens with zero attached hydrogens (tertiary/aromatic N) is 2. The van der Waals surface area contributed by atoms with Gasteiger partial charge in [0.1, 0.15) is 11.6 Å². The smallest absolute Gasteiger partial charge is 0.154 e. The van der Waals surface area contributed by atoms with E-state index < -0.39 is 0 Å². The summed E-state index contributed by atoms with van der Waals surface area (Å²) < 4.78 is 0. The number of rotatable bonds is 2. The number of pyridine rings is 1. The molecule has 0 atom stereocenters. The molecule has 16 heavy (non-hydrogen) atoms. The second-order valence-electron chi connectivity index (χ2n) is 3.24. The molecule has 0 aliphatic rings. The molecule has 0 aliphatic heterocycles. The molecule has 0 bridgehead atoms. The molecule has 0 saturated carbocycles. The van der Waals surface area contributed by atoms with E-state index in [0.29, 0.717) is 17.2 Å². The Kier molecular flexibility index (Phi) is 2.82. The molecule has 0 aliphatic carbocycles. The summed E-state index contributed by atoms with van der Waals surface area (Å²) >= 11 is 0. The standard InChI is InChI=1S/C12H11N3O/c13-11-6-3-7-12(15-11)14-8-9-4-1-2-5-10(9)16/h1-8,16H,(H2,13,15). The zero-order valence-corrected chi connectivity index (χ0v) is 8.54. The molecule has 1 aromatic heterocycles. The third-order valence-corrected chi connectivity index (χ3v) is 2.03. The molecule has 0 spiro atoms. The highest BCUT2D eigenvalue weighted by Crippen LogP contribution is 2.15. The zero-order valence-electron chi connectivity index (χ0n) is 8.54. The van der Waals surface area contributed by atoms with Crippen LogP contribution in [0.25, 0.3) is 0 Å². The van der Waals surface area contributed by atoms with Gasteiger partial charge in [-0.25, -0.2) is 9.98 Å². The highest BCUT2D eigenvalue weighted by molar-refractivity contribution is 5.84. The Morgan fingerprint density at radius 2 is 1.94 bits per heavy atom. The molecule has 0 amide bonds. The highest BCUT2D eigenvalue weighted by atomic mass is 16.3. The monoisotopic (exact) mass is 213 g/mol. The fourth-order valence-corrected chi connectivity index (χ4v) is 1.24. The Morgan fingerprint density at radius 3 is 2.69 bits per heavy atom. The van der Waals surface area contributed by atoms with E-state index in [4.69, 9.17) is 5.73 Å². The minimum Gasteiger partial charge on any atom is -0.507 e. The maximum absolute atomic E-state index is 9.51. The van der Waals surface area contributed by atoms with Crippen molar-refractivity contribution in [2.24, 2.45) is 4.99 Å². The van der Waals surface area contributed by atoms with Gasteiger partial charge in [-0.15, -0.1) is 0 Å². The van der Waals surface area contributed by atoms with Crippen molar-refractivity contribution in [1.82, 2.24) is 4.98 Å². The van der Waals surface area contributed by atoms with Crippen LogP contribution in [0.1, 0.15) is 5.56 Å². The summed E-state index contributed by atoms with van der Waals surface area (Å²) in [5.74, 6) is 1.13. The van der Waals surface area contributed by atoms with E-state index >= 15 is 0 Å². The van der Waals surface area contributed by atoms with Crippen LogP contribution in [-0.2, 0) is 0 Å². The van der Waals surface area contributed by atoms with Gasteiger partial charge >= 0.3 is 0 Å². The second-order valence-corrected chi connectivity index (χ2v) is 3.24. The van der Waals surface area contributed by atoms with Crippen LogP contribution in [0.3, 0.4) is 0 Å². The molecule has 0 unspecified atom stereocenters. The van der Waals surface area contributed by atoms with Gasteiger partial charge in [0.05, 0.1) is 0 Å². The van der Waals surface area contributed by atoms with Crippen LogP contribution < -0.4 is 5.73 Å². The van der Waals surface area contributed by atoms with Crippen LogP contribution in [0.5, 0.6) is 5.75 Å². The van der Waals surface area contributed by atoms with Crippen molar-refractivity contribution in [3.8, 4) is 5.75 Å². The second kappa shape index (κ2) is 4.44. The predicted octanol–water partition coefficient (Wildman–Crippen LogP) is 2.12. The molecule has 0 fully saturated rings. The number of hydrogen-bond donors (Lipinski definition) is 2. The van der Waals surface area contributed by atoms with Gasteiger partial charge in [0.15, 0.2) is 5.82 Å². The first-order valence-corrected chi connectivity index (χ1v) is 4.80. The fourth-order valence-electron chi connectivity index (χ4n) is 1.24. The van der Waals surface area contributed by atoms with Crippen molar-refractivity contribution in [3.63, 3.8) is 0 Å². The van der Waals surface area contributed by atoms with Gasteiger partial charge < -0.3 is 10.8 Å². The van der Waals surface area contributed by atoms with E-state index in [9.17, 15) is 5.11 Å². The third-order valence-electron chi connectivity index (χ3n) is 2.03. The van der Waals surface area contributed by atoms with E-state index in [1.807, 2.05) is 6.07 Å². The number of aromatic nitrogens is 1. The molecule has 3 N–H and O–H groups in total. The summed E-state index contributed by atoms with van der Waals surface area (Å²) in [5.41, 5.74) is 6.17. The Morgan fingerprint density at radius 1 is 1.12 bits per heavy atom. The third kappa shape index (κ3) is 2.36. The number of nitrogens with two attached hydrogens (primary N) is 1. The Labute approximate surface area is 93.1 Å². The summed E-state index contributed by atoms with van der Waals surface area (Å²) in [6.45, 7) is 0. The summed E-state index contributed by atoms with van der Waals surface area (Å²) in [5, 5.41) is 9.51. The van der Waals surface area contributed by atoms with Crippen molar-refractivity contribution < 1.29 is 5.11 Å². The lowest BCUT2D eigenvalue weighted by molar-refractivity contribution is 0.474. The van der Waals surface area contributed by atoms with E-state index in [-0.39, 0.29) is 5.75 Å². The highest BCUT2D eigenvalue weighted by Gasteiger charge is 1.95. The van der Waals surface area contributed by atoms with Crippen molar-refractivity contribution >= 4 is 17.9 Å². The molecule has 4 heteroatoms. The first-order chi connectivity index (χ1) is 7.75. The molecule has 0 radical (unpaired) electrons. The van der Waals surface area contributed by atoms with Crippen LogP contribution in [0.15, 0.2) is 47.5 Å². The normalized spacial score (nSPS) is 10.8. The number of phenolic OH excluding ortho intramolecular Hbond substituents is 1. The summed E-state index contributed by atoms with van der Waals surface area (Å²) in [7, 11) is 0. The lowest BCUT2D eigenvalue weighted by Gasteiger charge is -1.97. The minimum absolute atomic E-state index is 0.190. The van der Waals surface area contributed by atoms with Crippen molar-refractivity contribution in [2.45, 2.75) is 0 Å². The van der Waals surface area contributed by atoms with Crippen molar-refractivity contribution in [3.05, 3.63) is 48.0 Å². The summed E-state index contributed by atoms with van der Waals surface area (Å²) in [6.07, 6.45) is 1.55. The number of para-hydroxylation sites is 1. The van der Waals surface area contributed by atoms with Gasteiger partial charge in [0.2, 0.25) is 0 Å². The maximum atomic E-state index is 9.51. The van der Waals surface area contributed by atoms with E-state index in [1.165, 1.54) is 0 Å². The molecular formula is C12H11N3O. The van der Waals surface area contributed by atoms with Gasteiger partial charge in [-0.05, 0) is 24.3 Å². The number of benzene rings is 1. The number of aromatic hydroxyl groups is 1. The van der Waals surface area contributed by atoms with Gasteiger partial charge in [-0.1, -0.05) is 18.2 Å². The molecular weight excluding hydrogens is 202 g/mol. The van der Waals surface area contributed by atoms with Gasteiger partial charge in [-0.2, -0.15) is 0 Å². The topological polar surface area (TPSA) is 71.5 Å². The molecule has 1 heterocycles. The Balaban J connectivity index is 2.25. The van der Waals surface area contributed by atoms with E-state index in [1.54, 1.807) is 42.6 Å². The van der Waals surface area contributed by atoms with Crippen molar-refractivity contribution in [1.29, 1.82) is 0 Å². The van der Waals surface area contributed by atoms with Crippen LogP contribution >= 0.6 is 0 Å². The molecule has 1 aromatic carbocycles. The first-order valence-electron chi connectivity index (χ1n) is 4.80. The van der Waals surface area contributed by atoms with Gasteiger partial charge in [0, 0.05) is 11.8 Å².